The van der Waals surface area contributed by atoms with Crippen molar-refractivity contribution in [1.29, 1.82) is 0 Å². The van der Waals surface area contributed by atoms with Gasteiger partial charge in [-0.1, -0.05) is 140 Å². The van der Waals surface area contributed by atoms with Crippen molar-refractivity contribution >= 4 is 110 Å². The molecule has 0 N–H and O–H groups in total. The molecule has 3 nitrogen and oxygen atoms in total. The Hall–Kier alpha value is -6.23. The van der Waals surface area contributed by atoms with Crippen LogP contribution in [0.25, 0.3) is 86.1 Å². The molecule has 11 aromatic rings. The summed E-state index contributed by atoms with van der Waals surface area (Å²) in [7, 11) is 0. The molecule has 50 heavy (non-hydrogen) atoms. The highest BCUT2D eigenvalue weighted by atomic mass is 32.1. The summed E-state index contributed by atoms with van der Waals surface area (Å²) in [5.41, 5.74) is 6.20. The third kappa shape index (κ3) is 3.66. The van der Waals surface area contributed by atoms with Crippen LogP contribution in [0, 0.1) is 0 Å². The Morgan fingerprint density at radius 3 is 1.94 bits per heavy atom. The molecule has 0 radical (unpaired) electrons. The van der Waals surface area contributed by atoms with Crippen molar-refractivity contribution in [3.63, 3.8) is 0 Å². The molecule has 0 aliphatic rings. The first-order valence-electron chi connectivity index (χ1n) is 16.9. The molecular formula is C46H28N2OS. The van der Waals surface area contributed by atoms with Gasteiger partial charge in [0.05, 0.1) is 27.6 Å². The van der Waals surface area contributed by atoms with Crippen molar-refractivity contribution in [2.75, 3.05) is 0 Å². The summed E-state index contributed by atoms with van der Waals surface area (Å²) >= 11 is 1.81. The lowest BCUT2D eigenvalue weighted by Gasteiger charge is -2.24. The maximum absolute atomic E-state index is 7.03. The molecule has 8 aromatic carbocycles. The molecule has 0 aliphatic carbocycles. The maximum atomic E-state index is 7.03. The van der Waals surface area contributed by atoms with Crippen LogP contribution < -0.4 is 0 Å². The first-order chi connectivity index (χ1) is 24.8. The van der Waals surface area contributed by atoms with E-state index in [0.717, 1.165) is 43.4 Å². The first kappa shape index (κ1) is 27.7. The van der Waals surface area contributed by atoms with Crippen LogP contribution in [0.2, 0.25) is 0 Å². The zero-order chi connectivity index (χ0) is 32.9. The van der Waals surface area contributed by atoms with Crippen molar-refractivity contribution in [2.45, 2.75) is 6.04 Å². The van der Waals surface area contributed by atoms with Gasteiger partial charge in [-0.2, -0.15) is 0 Å². The van der Waals surface area contributed by atoms with Crippen molar-refractivity contribution in [3.8, 4) is 0 Å². The summed E-state index contributed by atoms with van der Waals surface area (Å²) in [5, 5.41) is 13.0. The van der Waals surface area contributed by atoms with Crippen molar-refractivity contribution in [2.24, 2.45) is 4.99 Å². The molecule has 234 valence electrons. The number of thiophene rings is 1. The Labute approximate surface area is 290 Å². The molecule has 4 heteroatoms. The molecule has 0 saturated carbocycles. The van der Waals surface area contributed by atoms with E-state index in [4.69, 9.17) is 9.41 Å². The van der Waals surface area contributed by atoms with Gasteiger partial charge in [0.15, 0.2) is 5.58 Å². The Morgan fingerprint density at radius 1 is 0.520 bits per heavy atom. The van der Waals surface area contributed by atoms with Crippen LogP contribution >= 0.6 is 11.3 Å². The van der Waals surface area contributed by atoms with Gasteiger partial charge in [0.25, 0.3) is 0 Å². The number of nitrogens with zero attached hydrogens (tertiary/aromatic N) is 2. The molecule has 3 heterocycles. The van der Waals surface area contributed by atoms with E-state index in [2.05, 4.69) is 163 Å². The summed E-state index contributed by atoms with van der Waals surface area (Å²) in [6.07, 6.45) is 0. The normalized spacial score (nSPS) is 12.8. The van der Waals surface area contributed by atoms with Gasteiger partial charge in [-0.05, 0) is 51.3 Å². The fourth-order valence-corrected chi connectivity index (χ4v) is 9.79. The van der Waals surface area contributed by atoms with E-state index in [9.17, 15) is 0 Å². The van der Waals surface area contributed by atoms with Crippen molar-refractivity contribution in [3.05, 3.63) is 162 Å². The monoisotopic (exact) mass is 656 g/mol. The molecule has 1 atom stereocenters. The quantitative estimate of drug-likeness (QED) is 0.173. The third-order valence-electron chi connectivity index (χ3n) is 10.5. The molecular weight excluding hydrogens is 629 g/mol. The van der Waals surface area contributed by atoms with Crippen LogP contribution in [-0.4, -0.2) is 11.3 Å². The predicted octanol–water partition coefficient (Wildman–Crippen LogP) is 13.3. The van der Waals surface area contributed by atoms with E-state index in [1.165, 1.54) is 58.9 Å². The Morgan fingerprint density at radius 2 is 1.14 bits per heavy atom. The number of benzene rings is 8. The minimum atomic E-state index is -0.248. The average Bonchev–Trinajstić information content (AvgIpc) is 3.85. The summed E-state index contributed by atoms with van der Waals surface area (Å²) in [5.74, 6) is 0. The number of rotatable bonds is 4. The van der Waals surface area contributed by atoms with E-state index in [1.807, 2.05) is 11.3 Å². The average molecular weight is 657 g/mol. The number of hydrogen-bond acceptors (Lipinski definition) is 3. The number of aromatic nitrogens is 1. The van der Waals surface area contributed by atoms with Crippen LogP contribution in [0.1, 0.15) is 16.5 Å². The van der Waals surface area contributed by atoms with Gasteiger partial charge < -0.3 is 8.98 Å². The van der Waals surface area contributed by atoms with Crippen molar-refractivity contribution in [1.82, 2.24) is 4.57 Å². The fourth-order valence-electron chi connectivity index (χ4n) is 8.51. The standard InChI is InChI=1S/C46H28N2OS/c1-47-41-35-21-9-11-24-38(35)50-46(41)43(33-22-12-15-27-13-2-4-16-29(27)33)48-42-30-17-5-3-14-28(30)25-26-36(42)39-31-18-6-7-19-32(31)40-34-20-8-10-23-37(34)49-45(40)44(39)48/h2-26,43H,1H2. The number of fused-ring (bicyclic) bond motifs is 14. The highest BCUT2D eigenvalue weighted by Gasteiger charge is 2.32. The van der Waals surface area contributed by atoms with E-state index in [0.29, 0.717) is 0 Å². The second-order valence-electron chi connectivity index (χ2n) is 13.1. The van der Waals surface area contributed by atoms with Gasteiger partial charge in [0.1, 0.15) is 5.58 Å². The lowest BCUT2D eigenvalue weighted by molar-refractivity contribution is 0.665. The lowest BCUT2D eigenvalue weighted by Crippen LogP contribution is -2.12. The predicted molar refractivity (Wildman–Crippen MR) is 214 cm³/mol. The van der Waals surface area contributed by atoms with Crippen molar-refractivity contribution < 1.29 is 4.42 Å². The minimum absolute atomic E-state index is 0.248. The van der Waals surface area contributed by atoms with Crippen LogP contribution in [-0.2, 0) is 0 Å². The Kier molecular flexibility index (Phi) is 5.75. The number of aliphatic imine (C=N–C) groups is 1. The van der Waals surface area contributed by atoms with Crippen LogP contribution in [0.4, 0.5) is 5.69 Å². The van der Waals surface area contributed by atoms with E-state index >= 15 is 0 Å². The molecule has 0 aliphatic heterocycles. The van der Waals surface area contributed by atoms with Crippen LogP contribution in [0.15, 0.2) is 161 Å². The van der Waals surface area contributed by atoms with Crippen LogP contribution in [0.5, 0.6) is 0 Å². The fraction of sp³-hybridized carbons (Fsp3) is 0.0217. The summed E-state index contributed by atoms with van der Waals surface area (Å²) < 4.78 is 10.8. The summed E-state index contributed by atoms with van der Waals surface area (Å²) in [4.78, 5) is 5.94. The zero-order valence-corrected chi connectivity index (χ0v) is 27.7. The SMILES string of the molecule is C=Nc1c(C(c2cccc3ccccc23)n2c3c4ccccc4ccc3c3c4ccccc4c4c5ccccc5oc4c32)sc2ccccc12. The number of hydrogen-bond donors (Lipinski definition) is 0. The van der Waals surface area contributed by atoms with Gasteiger partial charge in [-0.15, -0.1) is 11.3 Å². The first-order valence-corrected chi connectivity index (χ1v) is 17.7. The Bertz CT molecular complexity index is 3190. The van der Waals surface area contributed by atoms with E-state index in [-0.39, 0.29) is 6.04 Å². The molecule has 0 bridgehead atoms. The zero-order valence-electron chi connectivity index (χ0n) is 26.9. The smallest absolute Gasteiger partial charge is 0.160 e. The second kappa shape index (κ2) is 10.4. The van der Waals surface area contributed by atoms with Crippen LogP contribution in [0.3, 0.4) is 0 Å². The number of furan rings is 1. The lowest BCUT2D eigenvalue weighted by atomic mass is 9.95. The molecule has 3 aromatic heterocycles. The molecule has 0 amide bonds. The molecule has 0 spiro atoms. The van der Waals surface area contributed by atoms with E-state index < -0.39 is 0 Å². The van der Waals surface area contributed by atoms with Gasteiger partial charge >= 0.3 is 0 Å². The summed E-state index contributed by atoms with van der Waals surface area (Å²) in [6.45, 7) is 4.16. The molecule has 11 rings (SSSR count). The van der Waals surface area contributed by atoms with Gasteiger partial charge in [-0.25, -0.2) is 0 Å². The maximum Gasteiger partial charge on any atom is 0.160 e. The molecule has 0 saturated heterocycles. The minimum Gasteiger partial charge on any atom is -0.454 e. The van der Waals surface area contributed by atoms with E-state index in [1.54, 1.807) is 0 Å². The number of para-hydroxylation sites is 1. The summed E-state index contributed by atoms with van der Waals surface area (Å²) in [6, 6.07) is 54.4. The largest absolute Gasteiger partial charge is 0.454 e. The Balaban J connectivity index is 1.46. The molecule has 1 unspecified atom stereocenters. The van der Waals surface area contributed by atoms with Gasteiger partial charge in [0.2, 0.25) is 0 Å². The highest BCUT2D eigenvalue weighted by molar-refractivity contribution is 7.19. The van der Waals surface area contributed by atoms with Gasteiger partial charge in [-0.3, -0.25) is 4.99 Å². The third-order valence-corrected chi connectivity index (χ3v) is 11.8. The van der Waals surface area contributed by atoms with Gasteiger partial charge in [0, 0.05) is 37.0 Å². The highest BCUT2D eigenvalue weighted by Crippen LogP contribution is 2.52. The molecule has 0 fully saturated rings. The topological polar surface area (TPSA) is 30.4 Å². The second-order valence-corrected chi connectivity index (χ2v) is 14.1.